The lowest BCUT2D eigenvalue weighted by atomic mass is 9.92. The summed E-state index contributed by atoms with van der Waals surface area (Å²) in [6.07, 6.45) is 1.02. The van der Waals surface area contributed by atoms with Crippen molar-refractivity contribution >= 4 is 5.97 Å². The molecule has 1 aliphatic heterocycles. The number of carboxylic acids is 1. The molecule has 1 rings (SSSR count). The first kappa shape index (κ1) is 14.2. The Labute approximate surface area is 101 Å². The van der Waals surface area contributed by atoms with Gasteiger partial charge in [0.25, 0.3) is 0 Å². The lowest BCUT2D eigenvalue weighted by Gasteiger charge is -2.39. The van der Waals surface area contributed by atoms with Crippen molar-refractivity contribution in [1.29, 1.82) is 0 Å². The summed E-state index contributed by atoms with van der Waals surface area (Å²) in [5.41, 5.74) is 0. The van der Waals surface area contributed by atoms with Crippen molar-refractivity contribution in [1.82, 2.24) is 0 Å². The van der Waals surface area contributed by atoms with Gasteiger partial charge in [-0.25, -0.2) is 4.79 Å². The molecule has 0 aromatic rings. The monoisotopic (exact) mass is 244 g/mol. The Morgan fingerprint density at radius 3 is 2.71 bits per heavy atom. The van der Waals surface area contributed by atoms with Crippen molar-refractivity contribution in [2.45, 2.75) is 38.3 Å². The van der Waals surface area contributed by atoms with Crippen LogP contribution in [0.1, 0.15) is 20.3 Å². The minimum Gasteiger partial charge on any atom is -0.479 e. The molecule has 1 saturated heterocycles. The van der Waals surface area contributed by atoms with Crippen LogP contribution in [0.15, 0.2) is 12.7 Å². The second-order valence-corrected chi connectivity index (χ2v) is 4.50. The van der Waals surface area contributed by atoms with Crippen molar-refractivity contribution in [3.8, 4) is 0 Å². The zero-order valence-corrected chi connectivity index (χ0v) is 10.5. The first-order valence-corrected chi connectivity index (χ1v) is 5.61. The summed E-state index contributed by atoms with van der Waals surface area (Å²) in [6.45, 7) is 7.83. The second-order valence-electron chi connectivity index (χ2n) is 4.50. The summed E-state index contributed by atoms with van der Waals surface area (Å²) in [6, 6.07) is 0. The van der Waals surface area contributed by atoms with Gasteiger partial charge in [-0.15, -0.1) is 6.58 Å². The first-order chi connectivity index (χ1) is 7.91. The van der Waals surface area contributed by atoms with Crippen LogP contribution in [0.4, 0.5) is 0 Å². The molecule has 17 heavy (non-hydrogen) atoms. The molecule has 5 heteroatoms. The molecule has 0 aromatic carbocycles. The Balaban J connectivity index is 2.79. The third kappa shape index (κ3) is 3.52. The largest absolute Gasteiger partial charge is 0.479 e. The van der Waals surface area contributed by atoms with Crippen LogP contribution in [0.3, 0.4) is 0 Å². The highest BCUT2D eigenvalue weighted by atomic mass is 16.7. The predicted molar refractivity (Wildman–Crippen MR) is 61.6 cm³/mol. The molecule has 1 fully saturated rings. The molecule has 0 bridgehead atoms. The van der Waals surface area contributed by atoms with Gasteiger partial charge in [0.1, 0.15) is 0 Å². The standard InChI is InChI=1S/C12H20O5/c1-5-8(10(15-4)11(13)14)9-6-7-16-12(2,3)17-9/h5,8-10H,1,6-7H2,2-4H3,(H,13,14). The van der Waals surface area contributed by atoms with Crippen molar-refractivity contribution in [2.75, 3.05) is 13.7 Å². The highest BCUT2D eigenvalue weighted by Gasteiger charge is 2.39. The summed E-state index contributed by atoms with van der Waals surface area (Å²) >= 11 is 0. The van der Waals surface area contributed by atoms with E-state index in [2.05, 4.69) is 6.58 Å². The van der Waals surface area contributed by atoms with Gasteiger partial charge in [-0.2, -0.15) is 0 Å². The van der Waals surface area contributed by atoms with E-state index in [1.165, 1.54) is 7.11 Å². The smallest absolute Gasteiger partial charge is 0.333 e. The van der Waals surface area contributed by atoms with Gasteiger partial charge in [-0.1, -0.05) is 6.08 Å². The normalized spacial score (nSPS) is 27.1. The topological polar surface area (TPSA) is 65.0 Å². The minimum absolute atomic E-state index is 0.253. The fourth-order valence-corrected chi connectivity index (χ4v) is 2.04. The fourth-order valence-electron chi connectivity index (χ4n) is 2.04. The van der Waals surface area contributed by atoms with Crippen molar-refractivity contribution in [3.63, 3.8) is 0 Å². The van der Waals surface area contributed by atoms with E-state index in [9.17, 15) is 4.79 Å². The highest BCUT2D eigenvalue weighted by Crippen LogP contribution is 2.29. The first-order valence-electron chi connectivity index (χ1n) is 5.61. The van der Waals surface area contributed by atoms with Crippen LogP contribution >= 0.6 is 0 Å². The Morgan fingerprint density at radius 1 is 1.65 bits per heavy atom. The molecular formula is C12H20O5. The maximum absolute atomic E-state index is 11.1. The molecule has 0 aromatic heterocycles. The number of methoxy groups -OCH3 is 1. The molecule has 3 atom stereocenters. The Morgan fingerprint density at radius 2 is 2.29 bits per heavy atom. The van der Waals surface area contributed by atoms with Gasteiger partial charge in [0, 0.05) is 13.0 Å². The van der Waals surface area contributed by atoms with E-state index < -0.39 is 17.9 Å². The number of rotatable bonds is 5. The zero-order valence-electron chi connectivity index (χ0n) is 10.5. The molecule has 0 spiro atoms. The van der Waals surface area contributed by atoms with Crippen molar-refractivity contribution in [2.24, 2.45) is 5.92 Å². The predicted octanol–water partition coefficient (Wildman–Crippen LogP) is 1.43. The lowest BCUT2D eigenvalue weighted by Crippen LogP contribution is -2.47. The van der Waals surface area contributed by atoms with E-state index in [1.54, 1.807) is 6.08 Å². The Bertz CT molecular complexity index is 287. The SMILES string of the molecule is C=CC(C1CCOC(C)(C)O1)C(OC)C(=O)O. The summed E-state index contributed by atoms with van der Waals surface area (Å²) < 4.78 is 16.1. The maximum Gasteiger partial charge on any atom is 0.333 e. The number of carboxylic acid groups (broad SMARTS) is 1. The Kier molecular flexibility index (Phi) is 4.68. The third-order valence-electron chi connectivity index (χ3n) is 2.84. The maximum atomic E-state index is 11.1. The van der Waals surface area contributed by atoms with Gasteiger partial charge in [0.2, 0.25) is 0 Å². The quantitative estimate of drug-likeness (QED) is 0.741. The summed E-state index contributed by atoms with van der Waals surface area (Å²) in [7, 11) is 1.37. The van der Waals surface area contributed by atoms with Crippen LogP contribution in [0.2, 0.25) is 0 Å². The molecule has 0 radical (unpaired) electrons. The molecule has 1 N–H and O–H groups in total. The van der Waals surface area contributed by atoms with Crippen LogP contribution in [0.25, 0.3) is 0 Å². The van der Waals surface area contributed by atoms with E-state index >= 15 is 0 Å². The zero-order chi connectivity index (χ0) is 13.1. The van der Waals surface area contributed by atoms with Crippen LogP contribution in [0, 0.1) is 5.92 Å². The summed E-state index contributed by atoms with van der Waals surface area (Å²) in [5.74, 6) is -2.09. The fraction of sp³-hybridized carbons (Fsp3) is 0.750. The van der Waals surface area contributed by atoms with E-state index in [1.807, 2.05) is 13.8 Å². The van der Waals surface area contributed by atoms with Gasteiger partial charge in [-0.05, 0) is 20.3 Å². The van der Waals surface area contributed by atoms with E-state index in [0.717, 1.165) is 0 Å². The van der Waals surface area contributed by atoms with Crippen LogP contribution < -0.4 is 0 Å². The summed E-state index contributed by atoms with van der Waals surface area (Å²) in [5, 5.41) is 9.08. The van der Waals surface area contributed by atoms with E-state index in [0.29, 0.717) is 13.0 Å². The van der Waals surface area contributed by atoms with Crippen LogP contribution in [-0.4, -0.2) is 42.8 Å². The number of hydrogen-bond donors (Lipinski definition) is 1. The molecule has 0 saturated carbocycles. The van der Waals surface area contributed by atoms with Gasteiger partial charge in [0.15, 0.2) is 11.9 Å². The average molecular weight is 244 g/mol. The Hall–Kier alpha value is -0.910. The van der Waals surface area contributed by atoms with Gasteiger partial charge >= 0.3 is 5.97 Å². The van der Waals surface area contributed by atoms with E-state index in [4.69, 9.17) is 19.3 Å². The molecular weight excluding hydrogens is 224 g/mol. The van der Waals surface area contributed by atoms with Crippen molar-refractivity contribution < 1.29 is 24.1 Å². The van der Waals surface area contributed by atoms with Crippen LogP contribution in [0.5, 0.6) is 0 Å². The van der Waals surface area contributed by atoms with Gasteiger partial charge in [0.05, 0.1) is 12.7 Å². The third-order valence-corrected chi connectivity index (χ3v) is 2.84. The number of ether oxygens (including phenoxy) is 3. The summed E-state index contributed by atoms with van der Waals surface area (Å²) in [4.78, 5) is 11.1. The lowest BCUT2D eigenvalue weighted by molar-refractivity contribution is -0.284. The average Bonchev–Trinajstić information content (AvgIpc) is 2.23. The van der Waals surface area contributed by atoms with Crippen LogP contribution in [-0.2, 0) is 19.0 Å². The molecule has 1 aliphatic rings. The number of carbonyl (C=O) groups is 1. The molecule has 5 nitrogen and oxygen atoms in total. The highest BCUT2D eigenvalue weighted by molar-refractivity contribution is 5.73. The van der Waals surface area contributed by atoms with Crippen molar-refractivity contribution in [3.05, 3.63) is 12.7 Å². The number of hydrogen-bond acceptors (Lipinski definition) is 4. The number of aliphatic carboxylic acids is 1. The molecule has 1 heterocycles. The van der Waals surface area contributed by atoms with E-state index in [-0.39, 0.29) is 12.0 Å². The molecule has 0 aliphatic carbocycles. The minimum atomic E-state index is -1.01. The second kappa shape index (κ2) is 5.62. The molecule has 0 amide bonds. The van der Waals surface area contributed by atoms with Gasteiger partial charge in [-0.3, -0.25) is 0 Å². The molecule has 98 valence electrons. The molecule has 3 unspecified atom stereocenters. The van der Waals surface area contributed by atoms with Gasteiger partial charge < -0.3 is 19.3 Å².